The first-order chi connectivity index (χ1) is 12.1. The molecule has 6 heteroatoms. The molecule has 0 saturated heterocycles. The Morgan fingerprint density at radius 3 is 2.23 bits per heavy atom. The quantitative estimate of drug-likeness (QED) is 0.732. The van der Waals surface area contributed by atoms with Gasteiger partial charge in [0.25, 0.3) is 0 Å². The van der Waals surface area contributed by atoms with E-state index in [0.717, 1.165) is 17.0 Å². The Kier molecular flexibility index (Phi) is 5.91. The topological polar surface area (TPSA) is 52.5 Å². The molecule has 1 N–H and O–H groups in total. The molecule has 0 radical (unpaired) electrons. The number of aromatic nitrogens is 1. The monoisotopic (exact) mass is 378 g/mol. The summed E-state index contributed by atoms with van der Waals surface area (Å²) >= 11 is 6.12. The summed E-state index contributed by atoms with van der Waals surface area (Å²) in [7, 11) is 3.10. The molecule has 1 heterocycles. The number of benzene rings is 1. The maximum Gasteiger partial charge on any atom is 0.183 e. The smallest absolute Gasteiger partial charge is 0.183 e. The van der Waals surface area contributed by atoms with E-state index in [1.807, 2.05) is 19.9 Å². The summed E-state index contributed by atoms with van der Waals surface area (Å²) in [5.74, 6) is 1.10. The minimum Gasteiger partial charge on any atom is -0.495 e. The summed E-state index contributed by atoms with van der Waals surface area (Å²) in [6, 6.07) is 5.34. The van der Waals surface area contributed by atoms with Crippen LogP contribution in [0.4, 0.5) is 5.69 Å². The lowest BCUT2D eigenvalue weighted by Gasteiger charge is -2.25. The van der Waals surface area contributed by atoms with Gasteiger partial charge in [0.2, 0.25) is 0 Å². The largest absolute Gasteiger partial charge is 0.495 e. The second-order valence-electron chi connectivity index (χ2n) is 7.25. The third kappa shape index (κ3) is 3.98. The second kappa shape index (κ2) is 7.62. The van der Waals surface area contributed by atoms with E-state index in [-0.39, 0.29) is 17.9 Å². The number of halogens is 1. The zero-order chi connectivity index (χ0) is 19.6. The molecule has 0 fully saturated rings. The number of carbonyl (C=O) groups excluding carboxylic acids is 1. The fourth-order valence-electron chi connectivity index (χ4n) is 3.35. The van der Waals surface area contributed by atoms with Crippen LogP contribution in [0.2, 0.25) is 5.02 Å². The van der Waals surface area contributed by atoms with Crippen molar-refractivity contribution in [3.8, 4) is 11.5 Å². The van der Waals surface area contributed by atoms with Crippen LogP contribution >= 0.6 is 11.6 Å². The van der Waals surface area contributed by atoms with Crippen molar-refractivity contribution in [1.82, 2.24) is 4.57 Å². The molecule has 26 heavy (non-hydrogen) atoms. The molecule has 1 aromatic heterocycles. The predicted octanol–water partition coefficient (Wildman–Crippen LogP) is 4.83. The van der Waals surface area contributed by atoms with Crippen LogP contribution in [-0.4, -0.2) is 31.1 Å². The fraction of sp³-hybridized carbons (Fsp3) is 0.450. The number of rotatable bonds is 6. The second-order valence-corrected chi connectivity index (χ2v) is 7.66. The standard InChI is InChI=1S/C20H27ClN2O3/c1-12-8-14(13(2)23(12)20(3,4)5)17(24)11-22-16-10-18(25-6)15(21)9-19(16)26-7/h8-10,22H,11H2,1-7H3. The average molecular weight is 379 g/mol. The maximum atomic E-state index is 12.8. The van der Waals surface area contributed by atoms with E-state index in [9.17, 15) is 4.79 Å². The number of hydrogen-bond acceptors (Lipinski definition) is 4. The molecule has 0 aliphatic carbocycles. The van der Waals surface area contributed by atoms with Crippen molar-refractivity contribution in [1.29, 1.82) is 0 Å². The SMILES string of the molecule is COc1cc(NCC(=O)c2cc(C)n(C(C)(C)C)c2C)c(OC)cc1Cl. The lowest BCUT2D eigenvalue weighted by Crippen LogP contribution is -2.24. The number of nitrogens with one attached hydrogen (secondary N) is 1. The minimum atomic E-state index is -0.0765. The van der Waals surface area contributed by atoms with Crippen LogP contribution in [0.15, 0.2) is 18.2 Å². The number of ether oxygens (including phenoxy) is 2. The minimum absolute atomic E-state index is 0.0181. The van der Waals surface area contributed by atoms with Crippen LogP contribution < -0.4 is 14.8 Å². The fourth-order valence-corrected chi connectivity index (χ4v) is 3.58. The van der Waals surface area contributed by atoms with Crippen LogP contribution in [0.25, 0.3) is 0 Å². The molecular weight excluding hydrogens is 352 g/mol. The number of methoxy groups -OCH3 is 2. The summed E-state index contributed by atoms with van der Waals surface area (Å²) in [5.41, 5.74) is 3.36. The summed E-state index contributed by atoms with van der Waals surface area (Å²) < 4.78 is 12.8. The van der Waals surface area contributed by atoms with Gasteiger partial charge in [-0.25, -0.2) is 0 Å². The Balaban J connectivity index is 2.25. The van der Waals surface area contributed by atoms with Gasteiger partial charge in [0.05, 0.1) is 31.5 Å². The van der Waals surface area contributed by atoms with Gasteiger partial charge in [-0.15, -0.1) is 0 Å². The Morgan fingerprint density at radius 2 is 1.73 bits per heavy atom. The summed E-state index contributed by atoms with van der Waals surface area (Å²) in [5, 5.41) is 3.59. The molecule has 0 atom stereocenters. The molecule has 0 aliphatic rings. The van der Waals surface area contributed by atoms with Gasteiger partial charge in [0, 0.05) is 34.6 Å². The van der Waals surface area contributed by atoms with Crippen LogP contribution in [0.1, 0.15) is 42.5 Å². The lowest BCUT2D eigenvalue weighted by molar-refractivity contribution is 0.100. The maximum absolute atomic E-state index is 12.8. The predicted molar refractivity (Wildman–Crippen MR) is 106 cm³/mol. The Hall–Kier alpha value is -2.14. The van der Waals surface area contributed by atoms with E-state index >= 15 is 0 Å². The Bertz CT molecular complexity index is 819. The van der Waals surface area contributed by atoms with Gasteiger partial charge in [-0.1, -0.05) is 11.6 Å². The van der Waals surface area contributed by atoms with Crippen molar-refractivity contribution < 1.29 is 14.3 Å². The van der Waals surface area contributed by atoms with Crippen LogP contribution in [0.3, 0.4) is 0 Å². The number of aryl methyl sites for hydroxylation is 1. The Labute approximate surface area is 160 Å². The molecule has 142 valence electrons. The number of nitrogens with zero attached hydrogens (tertiary/aromatic N) is 1. The van der Waals surface area contributed by atoms with E-state index in [0.29, 0.717) is 22.2 Å². The highest BCUT2D eigenvalue weighted by Crippen LogP contribution is 2.36. The highest BCUT2D eigenvalue weighted by molar-refractivity contribution is 6.32. The highest BCUT2D eigenvalue weighted by atomic mass is 35.5. The normalized spacial score (nSPS) is 11.4. The van der Waals surface area contributed by atoms with Gasteiger partial charge in [0.15, 0.2) is 5.78 Å². The molecule has 0 unspecified atom stereocenters. The highest BCUT2D eigenvalue weighted by Gasteiger charge is 2.22. The van der Waals surface area contributed by atoms with E-state index in [4.69, 9.17) is 21.1 Å². The molecule has 0 amide bonds. The third-order valence-corrected chi connectivity index (χ3v) is 4.61. The number of hydrogen-bond donors (Lipinski definition) is 1. The average Bonchev–Trinajstić information content (AvgIpc) is 2.87. The summed E-state index contributed by atoms with van der Waals surface area (Å²) in [6.07, 6.45) is 0. The molecule has 1 aromatic carbocycles. The van der Waals surface area contributed by atoms with Crippen molar-refractivity contribution in [3.63, 3.8) is 0 Å². The zero-order valence-electron chi connectivity index (χ0n) is 16.5. The molecule has 2 rings (SSSR count). The van der Waals surface area contributed by atoms with Crippen molar-refractivity contribution in [2.24, 2.45) is 0 Å². The number of carbonyl (C=O) groups is 1. The molecule has 0 spiro atoms. The summed E-state index contributed by atoms with van der Waals surface area (Å²) in [6.45, 7) is 10.5. The first kappa shape index (κ1) is 20.2. The molecule has 0 saturated carbocycles. The molecule has 0 aliphatic heterocycles. The van der Waals surface area contributed by atoms with Crippen LogP contribution in [0, 0.1) is 13.8 Å². The number of ketones is 1. The van der Waals surface area contributed by atoms with Crippen molar-refractivity contribution >= 4 is 23.1 Å². The van der Waals surface area contributed by atoms with Crippen molar-refractivity contribution in [2.45, 2.75) is 40.2 Å². The van der Waals surface area contributed by atoms with Crippen LogP contribution in [-0.2, 0) is 5.54 Å². The van der Waals surface area contributed by atoms with Gasteiger partial charge < -0.3 is 19.4 Å². The lowest BCUT2D eigenvalue weighted by atomic mass is 10.1. The Morgan fingerprint density at radius 1 is 1.12 bits per heavy atom. The first-order valence-corrected chi connectivity index (χ1v) is 8.86. The first-order valence-electron chi connectivity index (χ1n) is 8.48. The molecule has 5 nitrogen and oxygen atoms in total. The zero-order valence-corrected chi connectivity index (χ0v) is 17.2. The summed E-state index contributed by atoms with van der Waals surface area (Å²) in [4.78, 5) is 12.8. The molecular formula is C20H27ClN2O3. The van der Waals surface area contributed by atoms with Gasteiger partial charge in [-0.05, 0) is 40.7 Å². The van der Waals surface area contributed by atoms with E-state index in [1.54, 1.807) is 26.4 Å². The van der Waals surface area contributed by atoms with E-state index in [1.165, 1.54) is 0 Å². The third-order valence-electron chi connectivity index (χ3n) is 4.32. The van der Waals surface area contributed by atoms with Crippen molar-refractivity contribution in [3.05, 3.63) is 40.2 Å². The number of anilines is 1. The van der Waals surface area contributed by atoms with Gasteiger partial charge in [-0.2, -0.15) is 0 Å². The van der Waals surface area contributed by atoms with Gasteiger partial charge >= 0.3 is 0 Å². The van der Waals surface area contributed by atoms with E-state index in [2.05, 4.69) is 30.7 Å². The van der Waals surface area contributed by atoms with Gasteiger partial charge in [0.1, 0.15) is 11.5 Å². The van der Waals surface area contributed by atoms with E-state index < -0.39 is 0 Å². The van der Waals surface area contributed by atoms with Crippen LogP contribution in [0.5, 0.6) is 11.5 Å². The molecule has 2 aromatic rings. The van der Waals surface area contributed by atoms with Gasteiger partial charge in [-0.3, -0.25) is 4.79 Å². The number of Topliss-reactive ketones (excluding diaryl/α,β-unsaturated/α-hetero) is 1. The van der Waals surface area contributed by atoms with Crippen molar-refractivity contribution in [2.75, 3.05) is 26.1 Å². The molecule has 0 bridgehead atoms.